The maximum Gasteiger partial charge on any atom is 0.234 e. The third-order valence-electron chi connectivity index (χ3n) is 2.64. The highest BCUT2D eigenvalue weighted by atomic mass is 35.5. The second kappa shape index (κ2) is 6.21. The summed E-state index contributed by atoms with van der Waals surface area (Å²) >= 11 is 0. The van der Waals surface area contributed by atoms with E-state index < -0.39 is 0 Å². The summed E-state index contributed by atoms with van der Waals surface area (Å²) in [5.74, 6) is 0.0540. The van der Waals surface area contributed by atoms with Crippen LogP contribution in [0.15, 0.2) is 0 Å². The van der Waals surface area contributed by atoms with Gasteiger partial charge in [-0.3, -0.25) is 9.59 Å². The molecule has 17 heavy (non-hydrogen) atoms. The van der Waals surface area contributed by atoms with Crippen molar-refractivity contribution in [2.75, 3.05) is 20.1 Å². The van der Waals surface area contributed by atoms with Crippen LogP contribution in [0.25, 0.3) is 0 Å². The van der Waals surface area contributed by atoms with Crippen LogP contribution in [0.2, 0.25) is 0 Å². The van der Waals surface area contributed by atoms with Crippen LogP contribution in [-0.4, -0.2) is 48.4 Å². The van der Waals surface area contributed by atoms with E-state index in [-0.39, 0.29) is 35.8 Å². The van der Waals surface area contributed by atoms with Crippen molar-refractivity contribution in [1.82, 2.24) is 15.5 Å². The summed E-state index contributed by atoms with van der Waals surface area (Å²) in [6, 6.07) is -0.0485. The van der Waals surface area contributed by atoms with Gasteiger partial charge in [0, 0.05) is 18.5 Å². The van der Waals surface area contributed by atoms with Crippen molar-refractivity contribution < 1.29 is 9.59 Å². The third kappa shape index (κ3) is 4.52. The molecule has 1 aliphatic rings. The molecule has 0 aromatic heterocycles. The highest BCUT2D eigenvalue weighted by Crippen LogP contribution is 2.21. The Kier molecular flexibility index (Phi) is 5.92. The molecule has 0 aromatic carbocycles. The molecule has 0 radical (unpaired) electrons. The Balaban J connectivity index is 0.00000256. The number of carbonyl (C=O) groups is 2. The lowest BCUT2D eigenvalue weighted by Crippen LogP contribution is -2.45. The van der Waals surface area contributed by atoms with Gasteiger partial charge in [0.1, 0.15) is 0 Å². The van der Waals surface area contributed by atoms with Crippen molar-refractivity contribution in [3.63, 3.8) is 0 Å². The van der Waals surface area contributed by atoms with Crippen LogP contribution in [0, 0.1) is 0 Å². The predicted octanol–water partition coefficient (Wildman–Crippen LogP) is 0.143. The standard InChI is InChI=1S/C11H21N3O2.ClH/c1-11(2,3)14-7-8(5-10(14)16)13-9(15)6-12-4;/h8,12H,5-7H2,1-4H3,(H,13,15);1H. The smallest absolute Gasteiger partial charge is 0.234 e. The molecule has 0 saturated carbocycles. The number of amides is 2. The summed E-state index contributed by atoms with van der Waals surface area (Å²) < 4.78 is 0. The molecule has 6 heteroatoms. The van der Waals surface area contributed by atoms with Gasteiger partial charge in [-0.15, -0.1) is 12.4 Å². The monoisotopic (exact) mass is 263 g/mol. The lowest BCUT2D eigenvalue weighted by molar-refractivity contribution is -0.131. The number of hydrogen-bond donors (Lipinski definition) is 2. The molecule has 1 rings (SSSR count). The molecule has 100 valence electrons. The number of hydrogen-bond acceptors (Lipinski definition) is 3. The predicted molar refractivity (Wildman–Crippen MR) is 69.2 cm³/mol. The van der Waals surface area contributed by atoms with Crippen LogP contribution in [0.1, 0.15) is 27.2 Å². The Morgan fingerprint density at radius 1 is 1.47 bits per heavy atom. The molecule has 1 saturated heterocycles. The first-order chi connectivity index (χ1) is 7.34. The molecule has 0 spiro atoms. The maximum atomic E-state index is 11.7. The summed E-state index contributed by atoms with van der Waals surface area (Å²) in [5.41, 5.74) is -0.167. The van der Waals surface area contributed by atoms with Crippen molar-refractivity contribution in [2.24, 2.45) is 0 Å². The van der Waals surface area contributed by atoms with Gasteiger partial charge in [-0.05, 0) is 27.8 Å². The minimum Gasteiger partial charge on any atom is -0.350 e. The summed E-state index contributed by atoms with van der Waals surface area (Å²) in [4.78, 5) is 24.9. The number of likely N-dealkylation sites (tertiary alicyclic amines) is 1. The molecule has 1 heterocycles. The molecular formula is C11H22ClN3O2. The second-order valence-corrected chi connectivity index (χ2v) is 5.17. The lowest BCUT2D eigenvalue weighted by Gasteiger charge is -2.32. The molecular weight excluding hydrogens is 242 g/mol. The number of likely N-dealkylation sites (N-methyl/N-ethyl adjacent to an activating group) is 1. The van der Waals surface area contributed by atoms with Crippen molar-refractivity contribution in [3.8, 4) is 0 Å². The molecule has 0 aliphatic carbocycles. The molecule has 1 aliphatic heterocycles. The fraction of sp³-hybridized carbons (Fsp3) is 0.818. The average Bonchev–Trinajstić information content (AvgIpc) is 2.46. The second-order valence-electron chi connectivity index (χ2n) is 5.17. The van der Waals surface area contributed by atoms with Crippen molar-refractivity contribution in [2.45, 2.75) is 38.8 Å². The van der Waals surface area contributed by atoms with Gasteiger partial charge in [-0.25, -0.2) is 0 Å². The van der Waals surface area contributed by atoms with Gasteiger partial charge >= 0.3 is 0 Å². The van der Waals surface area contributed by atoms with Gasteiger partial charge in [0.15, 0.2) is 0 Å². The maximum absolute atomic E-state index is 11.7. The molecule has 0 bridgehead atoms. The van der Waals surface area contributed by atoms with E-state index in [2.05, 4.69) is 10.6 Å². The molecule has 2 N–H and O–H groups in total. The molecule has 1 unspecified atom stereocenters. The van der Waals surface area contributed by atoms with Crippen LogP contribution in [0.3, 0.4) is 0 Å². The van der Waals surface area contributed by atoms with Gasteiger partial charge in [-0.2, -0.15) is 0 Å². The topological polar surface area (TPSA) is 61.4 Å². The Hall–Kier alpha value is -0.810. The highest BCUT2D eigenvalue weighted by molar-refractivity contribution is 5.85. The van der Waals surface area contributed by atoms with Gasteiger partial charge in [0.2, 0.25) is 11.8 Å². The minimum atomic E-state index is -0.167. The average molecular weight is 264 g/mol. The summed E-state index contributed by atoms with van der Waals surface area (Å²) in [7, 11) is 1.72. The summed E-state index contributed by atoms with van der Waals surface area (Å²) in [5, 5.41) is 5.63. The molecule has 5 nitrogen and oxygen atoms in total. The number of rotatable bonds is 3. The van der Waals surface area contributed by atoms with Gasteiger partial charge in [0.05, 0.1) is 12.6 Å². The summed E-state index contributed by atoms with van der Waals surface area (Å²) in [6.07, 6.45) is 0.409. The van der Waals surface area contributed by atoms with Gasteiger partial charge in [-0.1, -0.05) is 0 Å². The quantitative estimate of drug-likeness (QED) is 0.762. The van der Waals surface area contributed by atoms with Crippen LogP contribution < -0.4 is 10.6 Å². The zero-order chi connectivity index (χ0) is 12.3. The number of carbonyl (C=O) groups excluding carboxylic acids is 2. The molecule has 2 amide bonds. The minimum absolute atomic E-state index is 0. The normalized spacial score (nSPS) is 20.1. The zero-order valence-electron chi connectivity index (χ0n) is 10.9. The fourth-order valence-corrected chi connectivity index (χ4v) is 1.89. The van der Waals surface area contributed by atoms with E-state index in [1.165, 1.54) is 0 Å². The van der Waals surface area contributed by atoms with E-state index in [0.717, 1.165) is 0 Å². The third-order valence-corrected chi connectivity index (χ3v) is 2.64. The van der Waals surface area contributed by atoms with E-state index in [1.807, 2.05) is 25.7 Å². The van der Waals surface area contributed by atoms with Crippen molar-refractivity contribution >= 4 is 24.2 Å². The van der Waals surface area contributed by atoms with E-state index in [1.54, 1.807) is 7.05 Å². The SMILES string of the molecule is CNCC(=O)NC1CC(=O)N(C(C)(C)C)C1.Cl. The molecule has 1 atom stereocenters. The number of nitrogens with one attached hydrogen (secondary N) is 2. The first-order valence-electron chi connectivity index (χ1n) is 5.59. The Labute approximate surface area is 109 Å². The fourth-order valence-electron chi connectivity index (χ4n) is 1.89. The zero-order valence-corrected chi connectivity index (χ0v) is 11.7. The van der Waals surface area contributed by atoms with Crippen molar-refractivity contribution in [3.05, 3.63) is 0 Å². The van der Waals surface area contributed by atoms with Gasteiger partial charge < -0.3 is 15.5 Å². The number of halogens is 1. The van der Waals surface area contributed by atoms with Crippen LogP contribution in [0.5, 0.6) is 0 Å². The van der Waals surface area contributed by atoms with E-state index in [4.69, 9.17) is 0 Å². The van der Waals surface area contributed by atoms with Crippen molar-refractivity contribution in [1.29, 1.82) is 0 Å². The largest absolute Gasteiger partial charge is 0.350 e. The first-order valence-corrected chi connectivity index (χ1v) is 5.59. The Morgan fingerprint density at radius 3 is 2.47 bits per heavy atom. The van der Waals surface area contributed by atoms with Gasteiger partial charge in [0.25, 0.3) is 0 Å². The van der Waals surface area contributed by atoms with Crippen LogP contribution in [-0.2, 0) is 9.59 Å². The van der Waals surface area contributed by atoms with E-state index in [9.17, 15) is 9.59 Å². The Bertz CT molecular complexity index is 289. The summed E-state index contributed by atoms with van der Waals surface area (Å²) in [6.45, 7) is 6.91. The molecule has 0 aromatic rings. The highest BCUT2D eigenvalue weighted by Gasteiger charge is 2.36. The van der Waals surface area contributed by atoms with E-state index >= 15 is 0 Å². The lowest BCUT2D eigenvalue weighted by atomic mass is 10.1. The van der Waals surface area contributed by atoms with Crippen LogP contribution >= 0.6 is 12.4 Å². The number of nitrogens with zero attached hydrogens (tertiary/aromatic N) is 1. The first kappa shape index (κ1) is 16.2. The molecule has 1 fully saturated rings. The van der Waals surface area contributed by atoms with E-state index in [0.29, 0.717) is 19.5 Å². The van der Waals surface area contributed by atoms with Crippen LogP contribution in [0.4, 0.5) is 0 Å². The Morgan fingerprint density at radius 2 is 2.06 bits per heavy atom.